The van der Waals surface area contributed by atoms with Crippen molar-refractivity contribution < 1.29 is 27.5 Å². The van der Waals surface area contributed by atoms with Crippen LogP contribution in [-0.4, -0.2) is 19.0 Å². The topological polar surface area (TPSA) is 55.4 Å². The molecule has 2 aromatic carbocycles. The number of nitrogens with one attached hydrogen (secondary N) is 1. The Kier molecular flexibility index (Phi) is 4.90. The molecule has 0 aliphatic carbocycles. The van der Waals surface area contributed by atoms with Gasteiger partial charge in [-0.25, -0.2) is 18.0 Å². The summed E-state index contributed by atoms with van der Waals surface area (Å²) in [6.07, 6.45) is 0. The third kappa shape index (κ3) is 3.45. The SMILES string of the molecule is COC(=O)c1ccc(Cl)c(NC(=O)c2ccc(F)c(F)c2F)c1. The van der Waals surface area contributed by atoms with Crippen molar-refractivity contribution in [1.29, 1.82) is 0 Å². The van der Waals surface area contributed by atoms with Gasteiger partial charge in [0.25, 0.3) is 5.91 Å². The van der Waals surface area contributed by atoms with Crippen LogP contribution in [0, 0.1) is 17.5 Å². The standard InChI is InChI=1S/C15H9ClF3NO3/c1-23-15(22)7-2-4-9(16)11(6-7)20-14(21)8-3-5-10(17)13(19)12(8)18/h2-6H,1H3,(H,20,21). The maximum Gasteiger partial charge on any atom is 0.337 e. The minimum absolute atomic E-state index is 0.0105. The molecule has 23 heavy (non-hydrogen) atoms. The van der Waals surface area contributed by atoms with E-state index < -0.39 is 34.9 Å². The van der Waals surface area contributed by atoms with Crippen molar-refractivity contribution in [3.05, 3.63) is 63.9 Å². The van der Waals surface area contributed by atoms with Crippen LogP contribution in [0.4, 0.5) is 18.9 Å². The highest BCUT2D eigenvalue weighted by molar-refractivity contribution is 6.34. The van der Waals surface area contributed by atoms with Crippen LogP contribution >= 0.6 is 11.6 Å². The van der Waals surface area contributed by atoms with Gasteiger partial charge in [0, 0.05) is 0 Å². The molecule has 0 aliphatic heterocycles. The molecule has 120 valence electrons. The summed E-state index contributed by atoms with van der Waals surface area (Å²) in [5.74, 6) is -6.51. The van der Waals surface area contributed by atoms with Crippen molar-refractivity contribution in [1.82, 2.24) is 0 Å². The Morgan fingerprint density at radius 3 is 2.43 bits per heavy atom. The first kappa shape index (κ1) is 16.8. The van der Waals surface area contributed by atoms with Crippen molar-refractivity contribution >= 4 is 29.2 Å². The lowest BCUT2D eigenvalue weighted by Gasteiger charge is -2.10. The third-order valence-corrected chi connectivity index (χ3v) is 3.25. The van der Waals surface area contributed by atoms with Gasteiger partial charge in [0.15, 0.2) is 17.5 Å². The lowest BCUT2D eigenvalue weighted by molar-refractivity contribution is 0.0600. The largest absolute Gasteiger partial charge is 0.465 e. The fourth-order valence-electron chi connectivity index (χ4n) is 1.76. The molecule has 0 spiro atoms. The first-order valence-corrected chi connectivity index (χ1v) is 6.55. The Morgan fingerprint density at radius 1 is 1.09 bits per heavy atom. The molecular formula is C15H9ClF3NO3. The fraction of sp³-hybridized carbons (Fsp3) is 0.0667. The molecule has 1 N–H and O–H groups in total. The summed E-state index contributed by atoms with van der Waals surface area (Å²) >= 11 is 5.88. The molecule has 0 saturated carbocycles. The zero-order valence-corrected chi connectivity index (χ0v) is 12.4. The van der Waals surface area contributed by atoms with Crippen molar-refractivity contribution in [2.75, 3.05) is 12.4 Å². The molecule has 4 nitrogen and oxygen atoms in total. The minimum atomic E-state index is -1.76. The summed E-state index contributed by atoms with van der Waals surface area (Å²) in [6.45, 7) is 0. The highest BCUT2D eigenvalue weighted by Gasteiger charge is 2.20. The molecule has 0 unspecified atom stereocenters. The molecular weight excluding hydrogens is 335 g/mol. The van der Waals surface area contributed by atoms with Gasteiger partial charge in [-0.05, 0) is 30.3 Å². The Hall–Kier alpha value is -2.54. The zero-order chi connectivity index (χ0) is 17.1. The van der Waals surface area contributed by atoms with Crippen LogP contribution in [0.25, 0.3) is 0 Å². The van der Waals surface area contributed by atoms with Crippen LogP contribution in [0.2, 0.25) is 5.02 Å². The van der Waals surface area contributed by atoms with Gasteiger partial charge >= 0.3 is 5.97 Å². The average Bonchev–Trinajstić information content (AvgIpc) is 2.53. The molecule has 1 amide bonds. The molecule has 0 saturated heterocycles. The Bertz CT molecular complexity index is 796. The normalized spacial score (nSPS) is 10.3. The van der Waals surface area contributed by atoms with E-state index in [1.54, 1.807) is 0 Å². The van der Waals surface area contributed by atoms with E-state index in [0.717, 1.165) is 6.07 Å². The van der Waals surface area contributed by atoms with Crippen LogP contribution < -0.4 is 5.32 Å². The van der Waals surface area contributed by atoms with Crippen LogP contribution in [-0.2, 0) is 4.74 Å². The second kappa shape index (κ2) is 6.70. The first-order chi connectivity index (χ1) is 10.8. The zero-order valence-electron chi connectivity index (χ0n) is 11.6. The van der Waals surface area contributed by atoms with Crippen molar-refractivity contribution in [2.45, 2.75) is 0 Å². The van der Waals surface area contributed by atoms with Gasteiger partial charge in [0.1, 0.15) is 0 Å². The van der Waals surface area contributed by atoms with Crippen molar-refractivity contribution in [3.63, 3.8) is 0 Å². The van der Waals surface area contributed by atoms with Gasteiger partial charge in [-0.2, -0.15) is 0 Å². The molecule has 2 rings (SSSR count). The molecule has 8 heteroatoms. The Balaban J connectivity index is 2.34. The number of carbonyl (C=O) groups excluding carboxylic acids is 2. The minimum Gasteiger partial charge on any atom is -0.465 e. The summed E-state index contributed by atoms with van der Waals surface area (Å²) < 4.78 is 44.2. The average molecular weight is 344 g/mol. The smallest absolute Gasteiger partial charge is 0.337 e. The summed E-state index contributed by atoms with van der Waals surface area (Å²) in [4.78, 5) is 23.4. The monoisotopic (exact) mass is 343 g/mol. The third-order valence-electron chi connectivity index (χ3n) is 2.92. The summed E-state index contributed by atoms with van der Waals surface area (Å²) in [5.41, 5.74) is -0.620. The van der Waals surface area contributed by atoms with Crippen LogP contribution in [0.15, 0.2) is 30.3 Å². The molecule has 0 aromatic heterocycles. The van der Waals surface area contributed by atoms with Gasteiger partial charge in [-0.15, -0.1) is 0 Å². The number of ether oxygens (including phenoxy) is 1. The van der Waals surface area contributed by atoms with E-state index in [4.69, 9.17) is 11.6 Å². The molecule has 0 heterocycles. The van der Waals surface area contributed by atoms with Crippen molar-refractivity contribution in [2.24, 2.45) is 0 Å². The van der Waals surface area contributed by atoms with E-state index in [-0.39, 0.29) is 16.3 Å². The molecule has 0 aliphatic rings. The van der Waals surface area contributed by atoms with Gasteiger partial charge in [0.2, 0.25) is 0 Å². The number of esters is 1. The number of amides is 1. The second-order valence-corrected chi connectivity index (χ2v) is 4.77. The molecule has 0 fully saturated rings. The Morgan fingerprint density at radius 2 is 1.78 bits per heavy atom. The van der Waals surface area contributed by atoms with Gasteiger partial charge in [0.05, 0.1) is 28.9 Å². The number of rotatable bonds is 3. The molecule has 0 radical (unpaired) electrons. The summed E-state index contributed by atoms with van der Waals surface area (Å²) in [6, 6.07) is 5.32. The van der Waals surface area contributed by atoms with Crippen LogP contribution in [0.1, 0.15) is 20.7 Å². The van der Waals surface area contributed by atoms with Crippen molar-refractivity contribution in [3.8, 4) is 0 Å². The lowest BCUT2D eigenvalue weighted by Crippen LogP contribution is -2.16. The van der Waals surface area contributed by atoms with E-state index in [2.05, 4.69) is 10.1 Å². The number of hydrogen-bond acceptors (Lipinski definition) is 3. The molecule has 2 aromatic rings. The summed E-state index contributed by atoms with van der Waals surface area (Å²) in [5, 5.41) is 2.29. The Labute approximate surface area is 133 Å². The van der Waals surface area contributed by atoms with Gasteiger partial charge < -0.3 is 10.1 Å². The molecule has 0 atom stereocenters. The highest BCUT2D eigenvalue weighted by Crippen LogP contribution is 2.25. The number of hydrogen-bond donors (Lipinski definition) is 1. The lowest BCUT2D eigenvalue weighted by atomic mass is 10.1. The maximum absolute atomic E-state index is 13.6. The highest BCUT2D eigenvalue weighted by atomic mass is 35.5. The predicted octanol–water partition coefficient (Wildman–Crippen LogP) is 3.80. The first-order valence-electron chi connectivity index (χ1n) is 6.18. The number of anilines is 1. The number of benzene rings is 2. The van der Waals surface area contributed by atoms with E-state index in [0.29, 0.717) is 6.07 Å². The number of halogens is 4. The number of carbonyl (C=O) groups is 2. The van der Waals surface area contributed by atoms with Crippen LogP contribution in [0.3, 0.4) is 0 Å². The van der Waals surface area contributed by atoms with E-state index in [1.807, 2.05) is 0 Å². The van der Waals surface area contributed by atoms with E-state index in [1.165, 1.54) is 25.3 Å². The number of methoxy groups -OCH3 is 1. The predicted molar refractivity (Wildman–Crippen MR) is 77.1 cm³/mol. The maximum atomic E-state index is 13.6. The van der Waals surface area contributed by atoms with Gasteiger partial charge in [-0.3, -0.25) is 4.79 Å². The molecule has 0 bridgehead atoms. The van der Waals surface area contributed by atoms with Crippen LogP contribution in [0.5, 0.6) is 0 Å². The quantitative estimate of drug-likeness (QED) is 0.681. The fourth-order valence-corrected chi connectivity index (χ4v) is 1.92. The van der Waals surface area contributed by atoms with Gasteiger partial charge in [-0.1, -0.05) is 11.6 Å². The van der Waals surface area contributed by atoms with E-state index in [9.17, 15) is 22.8 Å². The van der Waals surface area contributed by atoms with E-state index >= 15 is 0 Å². The second-order valence-electron chi connectivity index (χ2n) is 4.36. The summed E-state index contributed by atoms with van der Waals surface area (Å²) in [7, 11) is 1.17.